The molecule has 0 aliphatic heterocycles. The molecular weight excluding hydrogens is 423 g/mol. The van der Waals surface area contributed by atoms with Crippen molar-refractivity contribution >= 4 is 5.97 Å². The zero-order valence-electron chi connectivity index (χ0n) is 20.1. The predicted octanol–water partition coefficient (Wildman–Crippen LogP) is 7.85. The van der Waals surface area contributed by atoms with E-state index in [4.69, 9.17) is 4.74 Å². The molecule has 3 aromatic carbocycles. The number of rotatable bonds is 11. The third kappa shape index (κ3) is 7.84. The Hall–Kier alpha value is -3.46. The van der Waals surface area contributed by atoms with Gasteiger partial charge < -0.3 is 4.74 Å². The summed E-state index contributed by atoms with van der Waals surface area (Å²) >= 11 is 0. The Bertz CT molecular complexity index is 1110. The third-order valence-corrected chi connectivity index (χ3v) is 5.78. The maximum atomic E-state index is 14.7. The summed E-state index contributed by atoms with van der Waals surface area (Å²) in [5.41, 5.74) is 4.51. The molecule has 0 bridgehead atoms. The fourth-order valence-corrected chi connectivity index (χ4v) is 3.76. The van der Waals surface area contributed by atoms with Crippen LogP contribution in [-0.4, -0.2) is 5.97 Å². The molecule has 3 rings (SSSR count). The van der Waals surface area contributed by atoms with E-state index in [-0.39, 0.29) is 5.56 Å². The van der Waals surface area contributed by atoms with Crippen LogP contribution in [0.5, 0.6) is 5.75 Å². The van der Waals surface area contributed by atoms with E-state index in [1.54, 1.807) is 18.2 Å². The van der Waals surface area contributed by atoms with E-state index in [2.05, 4.69) is 42.5 Å². The Morgan fingerprint density at radius 3 is 1.71 bits per heavy atom. The molecule has 0 saturated carbocycles. The minimum absolute atomic E-state index is 0.0496. The Balaban J connectivity index is 1.53. The lowest BCUT2D eigenvalue weighted by Crippen LogP contribution is -2.11. The summed E-state index contributed by atoms with van der Waals surface area (Å²) in [5, 5.41) is 0. The van der Waals surface area contributed by atoms with Crippen molar-refractivity contribution in [1.82, 2.24) is 0 Å². The average Bonchev–Trinajstić information content (AvgIpc) is 2.85. The molecule has 0 atom stereocenters. The summed E-state index contributed by atoms with van der Waals surface area (Å²) in [6, 6.07) is 20.7. The van der Waals surface area contributed by atoms with Gasteiger partial charge in [0.1, 0.15) is 11.6 Å². The lowest BCUT2D eigenvalue weighted by molar-refractivity contribution is 0.0730. The normalized spacial score (nSPS) is 11.4. The van der Waals surface area contributed by atoms with Crippen molar-refractivity contribution in [2.75, 3.05) is 0 Å². The molecule has 176 valence electrons. The SMILES string of the molecule is C/C=C/CCc1ccc(CCc2ccc(C(=O)Oc3ccc(CC/C=C/C)cc3)c(F)c2)cc1. The van der Waals surface area contributed by atoms with Crippen molar-refractivity contribution < 1.29 is 13.9 Å². The largest absolute Gasteiger partial charge is 0.423 e. The van der Waals surface area contributed by atoms with E-state index in [9.17, 15) is 9.18 Å². The highest BCUT2D eigenvalue weighted by atomic mass is 19.1. The van der Waals surface area contributed by atoms with Crippen LogP contribution in [0.3, 0.4) is 0 Å². The zero-order chi connectivity index (χ0) is 24.2. The minimum atomic E-state index is -0.681. The molecule has 34 heavy (non-hydrogen) atoms. The van der Waals surface area contributed by atoms with Crippen molar-refractivity contribution in [3.05, 3.63) is 125 Å². The van der Waals surface area contributed by atoms with Crippen molar-refractivity contribution in [3.63, 3.8) is 0 Å². The molecule has 3 aromatic rings. The molecule has 0 aromatic heterocycles. The van der Waals surface area contributed by atoms with Crippen LogP contribution in [0.25, 0.3) is 0 Å². The van der Waals surface area contributed by atoms with Gasteiger partial charge in [0.2, 0.25) is 0 Å². The summed E-state index contributed by atoms with van der Waals surface area (Å²) in [5.74, 6) is -0.818. The summed E-state index contributed by atoms with van der Waals surface area (Å²) in [7, 11) is 0. The van der Waals surface area contributed by atoms with Gasteiger partial charge in [-0.05, 0) is 98.9 Å². The second-order valence-electron chi connectivity index (χ2n) is 8.38. The average molecular weight is 457 g/mol. The molecule has 0 radical (unpaired) electrons. The molecule has 3 heteroatoms. The van der Waals surface area contributed by atoms with Crippen LogP contribution in [0.1, 0.15) is 59.3 Å². The summed E-state index contributed by atoms with van der Waals surface area (Å²) in [6.45, 7) is 4.04. The lowest BCUT2D eigenvalue weighted by Gasteiger charge is -2.08. The maximum absolute atomic E-state index is 14.7. The van der Waals surface area contributed by atoms with Crippen molar-refractivity contribution in [2.24, 2.45) is 0 Å². The number of aryl methyl sites for hydroxylation is 4. The Labute approximate surface area is 202 Å². The van der Waals surface area contributed by atoms with Gasteiger partial charge in [0.05, 0.1) is 5.56 Å². The highest BCUT2D eigenvalue weighted by Gasteiger charge is 2.15. The topological polar surface area (TPSA) is 26.3 Å². The highest BCUT2D eigenvalue weighted by Crippen LogP contribution is 2.19. The lowest BCUT2D eigenvalue weighted by atomic mass is 10.0. The first-order chi connectivity index (χ1) is 16.6. The molecule has 0 heterocycles. The second kappa shape index (κ2) is 13.3. The van der Waals surface area contributed by atoms with E-state index in [1.807, 2.05) is 32.1 Å². The van der Waals surface area contributed by atoms with E-state index < -0.39 is 11.8 Å². The van der Waals surface area contributed by atoms with E-state index in [0.717, 1.165) is 43.2 Å². The van der Waals surface area contributed by atoms with Crippen LogP contribution in [-0.2, 0) is 25.7 Å². The van der Waals surface area contributed by atoms with Crippen LogP contribution >= 0.6 is 0 Å². The number of carbonyl (C=O) groups is 1. The molecular formula is C31H33FO2. The molecule has 0 aliphatic carbocycles. The van der Waals surface area contributed by atoms with Crippen LogP contribution in [0.4, 0.5) is 4.39 Å². The maximum Gasteiger partial charge on any atom is 0.346 e. The first kappa shape index (κ1) is 25.2. The molecule has 0 amide bonds. The minimum Gasteiger partial charge on any atom is -0.423 e. The number of halogens is 1. The molecule has 2 nitrogen and oxygen atoms in total. The Morgan fingerprint density at radius 2 is 1.18 bits per heavy atom. The second-order valence-corrected chi connectivity index (χ2v) is 8.38. The van der Waals surface area contributed by atoms with Gasteiger partial charge in [-0.15, -0.1) is 0 Å². The van der Waals surface area contributed by atoms with Gasteiger partial charge in [-0.2, -0.15) is 0 Å². The monoisotopic (exact) mass is 456 g/mol. The summed E-state index contributed by atoms with van der Waals surface area (Å²) in [6.07, 6.45) is 13.9. The van der Waals surface area contributed by atoms with Crippen molar-refractivity contribution in [3.8, 4) is 5.75 Å². The predicted molar refractivity (Wildman–Crippen MR) is 138 cm³/mol. The van der Waals surface area contributed by atoms with Gasteiger partial charge in [-0.3, -0.25) is 0 Å². The Morgan fingerprint density at radius 1 is 0.706 bits per heavy atom. The number of hydrogen-bond donors (Lipinski definition) is 0. The number of ether oxygens (including phenoxy) is 1. The first-order valence-corrected chi connectivity index (χ1v) is 12.0. The number of carbonyl (C=O) groups excluding carboxylic acids is 1. The Kier molecular flexibility index (Phi) is 9.84. The zero-order valence-corrected chi connectivity index (χ0v) is 20.1. The van der Waals surface area contributed by atoms with Crippen LogP contribution < -0.4 is 4.74 Å². The smallest absolute Gasteiger partial charge is 0.346 e. The number of esters is 1. The van der Waals surface area contributed by atoms with E-state index in [1.165, 1.54) is 23.3 Å². The molecule has 0 saturated heterocycles. The van der Waals surface area contributed by atoms with Gasteiger partial charge in [-0.25, -0.2) is 9.18 Å². The molecule has 0 unspecified atom stereocenters. The van der Waals surface area contributed by atoms with Gasteiger partial charge in [-0.1, -0.05) is 66.8 Å². The molecule has 0 spiro atoms. The van der Waals surface area contributed by atoms with E-state index >= 15 is 0 Å². The van der Waals surface area contributed by atoms with Gasteiger partial charge in [0.15, 0.2) is 0 Å². The number of benzene rings is 3. The van der Waals surface area contributed by atoms with Gasteiger partial charge in [0, 0.05) is 0 Å². The summed E-state index contributed by atoms with van der Waals surface area (Å²) < 4.78 is 20.0. The van der Waals surface area contributed by atoms with Crippen LogP contribution in [0.15, 0.2) is 91.0 Å². The van der Waals surface area contributed by atoms with Crippen molar-refractivity contribution in [1.29, 1.82) is 0 Å². The quantitative estimate of drug-likeness (QED) is 0.167. The highest BCUT2D eigenvalue weighted by molar-refractivity contribution is 5.91. The standard InChI is InChI=1S/C31H33FO2/c1-3-5-7-9-24-11-13-26(14-12-24)15-16-27-19-22-29(30(32)23-27)31(33)34-28-20-17-25(18-21-28)10-8-6-4-2/h3-6,11-14,17-23H,7-10,15-16H2,1-2H3/b5-3+,6-4+. The fourth-order valence-electron chi connectivity index (χ4n) is 3.76. The number of allylic oxidation sites excluding steroid dienone is 4. The fraction of sp³-hybridized carbons (Fsp3) is 0.258. The van der Waals surface area contributed by atoms with E-state index in [0.29, 0.717) is 12.2 Å². The van der Waals surface area contributed by atoms with Crippen LogP contribution in [0.2, 0.25) is 0 Å². The molecule has 0 fully saturated rings. The van der Waals surface area contributed by atoms with Gasteiger partial charge in [0.25, 0.3) is 0 Å². The molecule has 0 N–H and O–H groups in total. The third-order valence-electron chi connectivity index (χ3n) is 5.78. The molecule has 0 aliphatic rings. The van der Waals surface area contributed by atoms with Crippen molar-refractivity contribution in [2.45, 2.75) is 52.4 Å². The van der Waals surface area contributed by atoms with Gasteiger partial charge >= 0.3 is 5.97 Å². The number of hydrogen-bond acceptors (Lipinski definition) is 2. The summed E-state index contributed by atoms with van der Waals surface area (Å²) in [4.78, 5) is 12.5. The van der Waals surface area contributed by atoms with Crippen LogP contribution in [0, 0.1) is 5.82 Å². The first-order valence-electron chi connectivity index (χ1n) is 12.0.